The van der Waals surface area contributed by atoms with Crippen LogP contribution in [-0.4, -0.2) is 4.57 Å². The van der Waals surface area contributed by atoms with Crippen LogP contribution in [0.4, 0.5) is 0 Å². The van der Waals surface area contributed by atoms with E-state index >= 15 is 0 Å². The number of nitrogens with zero attached hydrogens (tertiary/aromatic N) is 1. The first kappa shape index (κ1) is 31.8. The Hall–Kier alpha value is -7.48. The van der Waals surface area contributed by atoms with E-state index in [1.54, 1.807) is 0 Å². The van der Waals surface area contributed by atoms with Crippen LogP contribution in [0.25, 0.3) is 115 Å². The lowest BCUT2D eigenvalue weighted by Gasteiger charge is -2.16. The van der Waals surface area contributed by atoms with Gasteiger partial charge in [-0.3, -0.25) is 0 Å². The second kappa shape index (κ2) is 12.5. The van der Waals surface area contributed by atoms with E-state index in [4.69, 9.17) is 0 Å². The van der Waals surface area contributed by atoms with Gasteiger partial charge in [-0.05, 0) is 107 Å². The van der Waals surface area contributed by atoms with Gasteiger partial charge >= 0.3 is 0 Å². The van der Waals surface area contributed by atoms with E-state index in [9.17, 15) is 0 Å². The van der Waals surface area contributed by atoms with Crippen molar-refractivity contribution in [3.05, 3.63) is 212 Å². The number of rotatable bonds is 4. The van der Waals surface area contributed by atoms with E-state index in [1.807, 2.05) is 0 Å². The maximum absolute atomic E-state index is 2.54. The highest BCUT2D eigenvalue weighted by atomic mass is 15.0. The molecule has 0 N–H and O–H groups in total. The van der Waals surface area contributed by atoms with Gasteiger partial charge in [-0.25, -0.2) is 0 Å². The van der Waals surface area contributed by atoms with E-state index in [0.717, 1.165) is 5.69 Å². The van der Waals surface area contributed by atoms with Gasteiger partial charge in [-0.1, -0.05) is 182 Å². The monoisotopic (exact) mass is 721 g/mol. The summed E-state index contributed by atoms with van der Waals surface area (Å²) in [6.07, 6.45) is 0. The van der Waals surface area contributed by atoms with Gasteiger partial charge < -0.3 is 4.57 Å². The lowest BCUT2D eigenvalue weighted by atomic mass is 9.90. The Morgan fingerprint density at radius 2 is 0.754 bits per heavy atom. The number of hydrogen-bond acceptors (Lipinski definition) is 0. The average molecular weight is 722 g/mol. The molecule has 0 spiro atoms. The summed E-state index contributed by atoms with van der Waals surface area (Å²) in [5.74, 6) is 0. The van der Waals surface area contributed by atoms with Gasteiger partial charge in [0.15, 0.2) is 0 Å². The number of para-hydroxylation sites is 1. The average Bonchev–Trinajstić information content (AvgIpc) is 3.64. The first-order valence-corrected chi connectivity index (χ1v) is 19.8. The number of hydrogen-bond donors (Lipinski definition) is 0. The highest BCUT2D eigenvalue weighted by Gasteiger charge is 2.22. The van der Waals surface area contributed by atoms with Crippen molar-refractivity contribution < 1.29 is 0 Å². The molecule has 1 nitrogen and oxygen atoms in total. The fraction of sp³-hybridized carbons (Fsp3) is 0. The summed E-state index contributed by atoms with van der Waals surface area (Å²) in [7, 11) is 0. The number of fused-ring (bicyclic) bond motifs is 13. The molecule has 0 saturated heterocycles. The predicted molar refractivity (Wildman–Crippen MR) is 245 cm³/mol. The maximum atomic E-state index is 2.54. The van der Waals surface area contributed by atoms with Crippen molar-refractivity contribution in [3.63, 3.8) is 0 Å². The smallest absolute Gasteiger partial charge is 0.0626 e. The molecule has 57 heavy (non-hydrogen) atoms. The molecule has 12 aromatic rings. The molecule has 0 radical (unpaired) electrons. The zero-order valence-electron chi connectivity index (χ0n) is 31.2. The molecule has 0 aliphatic heterocycles. The Kier molecular flexibility index (Phi) is 7.00. The summed E-state index contributed by atoms with van der Waals surface area (Å²) in [6.45, 7) is 0. The molecule has 0 atom stereocenters. The van der Waals surface area contributed by atoms with E-state index < -0.39 is 0 Å². The molecule has 264 valence electrons. The molecule has 0 bridgehead atoms. The lowest BCUT2D eigenvalue weighted by Crippen LogP contribution is -1.96. The van der Waals surface area contributed by atoms with Crippen molar-refractivity contribution >= 4 is 75.7 Å². The SMILES string of the molecule is c1ccc(-c2cc3c4ccc5c6ccccc6c6cc(-c7ccc(-c8ccc9ccccc9c8)cc7)ccc6c5c4n(-c4ccccc4)c3c3ccccc23)cc1. The van der Waals surface area contributed by atoms with Crippen molar-refractivity contribution in [2.24, 2.45) is 0 Å². The highest BCUT2D eigenvalue weighted by Crippen LogP contribution is 2.47. The second-order valence-corrected chi connectivity index (χ2v) is 15.2. The Morgan fingerprint density at radius 3 is 1.51 bits per heavy atom. The molecule has 1 aromatic heterocycles. The first-order valence-electron chi connectivity index (χ1n) is 19.8. The van der Waals surface area contributed by atoms with Crippen molar-refractivity contribution in [1.29, 1.82) is 0 Å². The van der Waals surface area contributed by atoms with Gasteiger partial charge in [-0.2, -0.15) is 0 Å². The van der Waals surface area contributed by atoms with Crippen LogP contribution in [0.2, 0.25) is 0 Å². The standard InChI is InChI=1S/C56H35N/c1-3-14-39(15-4-1)51-35-53-50-32-31-47-44-19-9-10-20-45(44)52-34-42(38-25-23-37(24-26-38)41-28-27-36-13-7-8-16-40(36)33-41)29-30-48(52)54(47)56(50)57(43-17-5-2-6-18-43)55(53)49-22-12-11-21-46(49)51/h1-35H. The minimum atomic E-state index is 1.16. The summed E-state index contributed by atoms with van der Waals surface area (Å²) in [5, 5.41) is 15.2. The van der Waals surface area contributed by atoms with Crippen molar-refractivity contribution in [2.75, 3.05) is 0 Å². The minimum absolute atomic E-state index is 1.16. The van der Waals surface area contributed by atoms with Crippen LogP contribution >= 0.6 is 0 Å². The number of aromatic nitrogens is 1. The molecule has 1 heterocycles. The molecule has 12 rings (SSSR count). The molecule has 0 fully saturated rings. The van der Waals surface area contributed by atoms with Crippen LogP contribution in [0, 0.1) is 0 Å². The summed E-state index contributed by atoms with van der Waals surface area (Å²) in [6, 6.07) is 78.3. The Labute approximate surface area is 330 Å². The van der Waals surface area contributed by atoms with Crippen molar-refractivity contribution in [1.82, 2.24) is 4.57 Å². The summed E-state index contributed by atoms with van der Waals surface area (Å²) >= 11 is 0. The van der Waals surface area contributed by atoms with Gasteiger partial charge in [-0.15, -0.1) is 0 Å². The van der Waals surface area contributed by atoms with Crippen LogP contribution < -0.4 is 0 Å². The summed E-state index contributed by atoms with van der Waals surface area (Å²) < 4.78 is 2.54. The fourth-order valence-corrected chi connectivity index (χ4v) is 9.49. The molecule has 11 aromatic carbocycles. The molecule has 0 amide bonds. The third-order valence-corrected chi connectivity index (χ3v) is 12.1. The van der Waals surface area contributed by atoms with Crippen LogP contribution in [0.15, 0.2) is 212 Å². The van der Waals surface area contributed by atoms with E-state index in [1.165, 1.54) is 109 Å². The van der Waals surface area contributed by atoms with Crippen LogP contribution in [0.1, 0.15) is 0 Å². The van der Waals surface area contributed by atoms with Gasteiger partial charge in [0, 0.05) is 27.2 Å². The summed E-state index contributed by atoms with van der Waals surface area (Å²) in [5.41, 5.74) is 11.0. The highest BCUT2D eigenvalue weighted by molar-refractivity contribution is 6.35. The van der Waals surface area contributed by atoms with Crippen LogP contribution in [0.5, 0.6) is 0 Å². The fourth-order valence-electron chi connectivity index (χ4n) is 9.49. The Bertz CT molecular complexity index is 3540. The van der Waals surface area contributed by atoms with Gasteiger partial charge in [0.2, 0.25) is 0 Å². The normalized spacial score (nSPS) is 11.9. The van der Waals surface area contributed by atoms with E-state index in [-0.39, 0.29) is 0 Å². The van der Waals surface area contributed by atoms with E-state index in [2.05, 4.69) is 217 Å². The quantitative estimate of drug-likeness (QED) is 0.160. The second-order valence-electron chi connectivity index (χ2n) is 15.2. The molecular formula is C56H35N. The largest absolute Gasteiger partial charge is 0.308 e. The summed E-state index contributed by atoms with van der Waals surface area (Å²) in [4.78, 5) is 0. The third-order valence-electron chi connectivity index (χ3n) is 12.1. The molecular weight excluding hydrogens is 687 g/mol. The minimum Gasteiger partial charge on any atom is -0.308 e. The van der Waals surface area contributed by atoms with Gasteiger partial charge in [0.25, 0.3) is 0 Å². The topological polar surface area (TPSA) is 4.93 Å². The number of benzene rings is 11. The lowest BCUT2D eigenvalue weighted by molar-refractivity contribution is 1.19. The molecule has 0 aliphatic rings. The predicted octanol–water partition coefficient (Wildman–Crippen LogP) is 15.6. The maximum Gasteiger partial charge on any atom is 0.0626 e. The van der Waals surface area contributed by atoms with Crippen LogP contribution in [0.3, 0.4) is 0 Å². The Balaban J connectivity index is 1.15. The molecule has 0 unspecified atom stereocenters. The molecule has 0 saturated carbocycles. The van der Waals surface area contributed by atoms with Crippen LogP contribution in [-0.2, 0) is 0 Å². The third kappa shape index (κ3) is 4.89. The van der Waals surface area contributed by atoms with Gasteiger partial charge in [0.05, 0.1) is 11.0 Å². The van der Waals surface area contributed by atoms with Crippen molar-refractivity contribution in [3.8, 4) is 39.1 Å². The molecule has 0 aliphatic carbocycles. The Morgan fingerprint density at radius 1 is 0.246 bits per heavy atom. The van der Waals surface area contributed by atoms with E-state index in [0.29, 0.717) is 0 Å². The van der Waals surface area contributed by atoms with Gasteiger partial charge in [0.1, 0.15) is 0 Å². The first-order chi connectivity index (χ1) is 28.3. The zero-order valence-corrected chi connectivity index (χ0v) is 31.2. The molecule has 1 heteroatoms. The van der Waals surface area contributed by atoms with Crippen molar-refractivity contribution in [2.45, 2.75) is 0 Å². The zero-order chi connectivity index (χ0) is 37.5.